The molecule has 0 fully saturated rings. The molecule has 1 amide bonds. The summed E-state index contributed by atoms with van der Waals surface area (Å²) in [7, 11) is -4.00. The summed E-state index contributed by atoms with van der Waals surface area (Å²) in [5.41, 5.74) is -0.787. The molecule has 160 valence electrons. The van der Waals surface area contributed by atoms with Gasteiger partial charge in [0.05, 0.1) is 9.92 Å². The summed E-state index contributed by atoms with van der Waals surface area (Å²) in [5, 5.41) is 9.24. The molecule has 29 heavy (non-hydrogen) atoms. The predicted molar refractivity (Wildman–Crippen MR) is 113 cm³/mol. The summed E-state index contributed by atoms with van der Waals surface area (Å²) in [4.78, 5) is 18.0. The van der Waals surface area contributed by atoms with E-state index >= 15 is 0 Å². The number of fused-ring (bicyclic) bond motifs is 1. The Morgan fingerprint density at radius 3 is 2.59 bits per heavy atom. The van der Waals surface area contributed by atoms with Crippen LogP contribution in [0.1, 0.15) is 40.5 Å². The molecule has 2 rings (SSSR count). The lowest BCUT2D eigenvalue weighted by Crippen LogP contribution is -2.47. The number of carbonyl (C=O) groups is 1. The highest BCUT2D eigenvalue weighted by Crippen LogP contribution is 2.33. The van der Waals surface area contributed by atoms with Gasteiger partial charge in [-0.15, -0.1) is 0 Å². The Labute approximate surface area is 176 Å². The number of nitrogens with zero attached hydrogens (tertiary/aromatic N) is 2. The van der Waals surface area contributed by atoms with Gasteiger partial charge in [-0.2, -0.15) is 0 Å². The SMILES string of the molecule is CC[C@@H](N(CCCO)C(=O)OC(C)(C)C)S(=O)(=O)c1cccc2cncc(Cl)c12. The van der Waals surface area contributed by atoms with E-state index in [0.29, 0.717) is 10.8 Å². The highest BCUT2D eigenvalue weighted by molar-refractivity contribution is 7.92. The monoisotopic (exact) mass is 442 g/mol. The van der Waals surface area contributed by atoms with E-state index in [1.165, 1.54) is 17.2 Å². The van der Waals surface area contributed by atoms with Gasteiger partial charge in [0.25, 0.3) is 0 Å². The molecule has 9 heteroatoms. The maximum atomic E-state index is 13.6. The lowest BCUT2D eigenvalue weighted by Gasteiger charge is -2.33. The van der Waals surface area contributed by atoms with Crippen molar-refractivity contribution in [1.82, 2.24) is 9.88 Å². The van der Waals surface area contributed by atoms with E-state index in [0.717, 1.165) is 0 Å². The third-order valence-corrected chi connectivity index (χ3v) is 6.79. The van der Waals surface area contributed by atoms with Crippen molar-refractivity contribution in [2.75, 3.05) is 13.2 Å². The topological polar surface area (TPSA) is 96.8 Å². The molecule has 1 aromatic heterocycles. The van der Waals surface area contributed by atoms with E-state index in [-0.39, 0.29) is 35.9 Å². The average molecular weight is 443 g/mol. The number of pyridine rings is 1. The zero-order valence-electron chi connectivity index (χ0n) is 17.1. The molecule has 1 heterocycles. The van der Waals surface area contributed by atoms with Gasteiger partial charge in [0.2, 0.25) is 0 Å². The molecule has 7 nitrogen and oxygen atoms in total. The first-order valence-corrected chi connectivity index (χ1v) is 11.3. The van der Waals surface area contributed by atoms with Crippen LogP contribution in [-0.4, -0.2) is 53.6 Å². The first-order valence-electron chi connectivity index (χ1n) is 9.39. The molecule has 0 aliphatic carbocycles. The molecule has 0 unspecified atom stereocenters. The van der Waals surface area contributed by atoms with Crippen LogP contribution in [0.25, 0.3) is 10.8 Å². The van der Waals surface area contributed by atoms with Crippen molar-refractivity contribution in [3.8, 4) is 0 Å². The third-order valence-electron chi connectivity index (χ3n) is 4.25. The minimum atomic E-state index is -4.00. The van der Waals surface area contributed by atoms with Crippen LogP contribution < -0.4 is 0 Å². The van der Waals surface area contributed by atoms with E-state index in [9.17, 15) is 18.3 Å². The second-order valence-electron chi connectivity index (χ2n) is 7.63. The fourth-order valence-corrected chi connectivity index (χ4v) is 5.43. The van der Waals surface area contributed by atoms with Gasteiger partial charge in [-0.05, 0) is 39.7 Å². The standard InChI is InChI=1S/C20H27ClN2O5S/c1-5-17(23(10-7-11-24)19(25)28-20(2,3)4)29(26,27)16-9-6-8-14-12-22-13-15(21)18(14)16/h6,8-9,12-13,17,24H,5,7,10-11H2,1-4H3/t17-/m0/s1. The fourth-order valence-electron chi connectivity index (χ4n) is 3.06. The number of aromatic nitrogens is 1. The molecule has 1 aromatic carbocycles. The number of halogens is 1. The predicted octanol–water partition coefficient (Wildman–Crippen LogP) is 4.02. The van der Waals surface area contributed by atoms with Crippen molar-refractivity contribution < 1.29 is 23.1 Å². The minimum absolute atomic E-state index is 0.0341. The molecule has 0 saturated heterocycles. The molecule has 0 saturated carbocycles. The van der Waals surface area contributed by atoms with Gasteiger partial charge in [0, 0.05) is 36.3 Å². The number of aliphatic hydroxyl groups excluding tert-OH is 1. The second kappa shape index (κ2) is 9.28. The average Bonchev–Trinajstić information content (AvgIpc) is 2.63. The van der Waals surface area contributed by atoms with Gasteiger partial charge in [-0.3, -0.25) is 9.88 Å². The first-order chi connectivity index (χ1) is 13.5. The van der Waals surface area contributed by atoms with Crippen LogP contribution in [0.2, 0.25) is 5.02 Å². The van der Waals surface area contributed by atoms with Crippen molar-refractivity contribution in [3.63, 3.8) is 0 Å². The number of amides is 1. The number of rotatable bonds is 7. The number of carbonyl (C=O) groups excluding carboxylic acids is 1. The Bertz CT molecular complexity index is 967. The lowest BCUT2D eigenvalue weighted by molar-refractivity contribution is 0.0208. The number of benzene rings is 1. The zero-order valence-corrected chi connectivity index (χ0v) is 18.6. The molecule has 0 aliphatic rings. The molecule has 1 atom stereocenters. The molecule has 2 aromatic rings. The van der Waals surface area contributed by atoms with E-state index in [1.54, 1.807) is 46.0 Å². The van der Waals surface area contributed by atoms with Gasteiger partial charge < -0.3 is 9.84 Å². The third kappa shape index (κ3) is 5.38. The van der Waals surface area contributed by atoms with Crippen molar-refractivity contribution in [2.24, 2.45) is 0 Å². The van der Waals surface area contributed by atoms with Crippen LogP contribution in [0, 0.1) is 0 Å². The van der Waals surface area contributed by atoms with E-state index in [1.807, 2.05) is 0 Å². The summed E-state index contributed by atoms with van der Waals surface area (Å²) >= 11 is 6.26. The van der Waals surface area contributed by atoms with Gasteiger partial charge in [0.1, 0.15) is 11.0 Å². The van der Waals surface area contributed by atoms with Crippen molar-refractivity contribution in [2.45, 2.75) is 56.4 Å². The van der Waals surface area contributed by atoms with Crippen molar-refractivity contribution in [3.05, 3.63) is 35.6 Å². The van der Waals surface area contributed by atoms with Crippen LogP contribution >= 0.6 is 11.6 Å². The summed E-state index contributed by atoms with van der Waals surface area (Å²) in [5.74, 6) is 0. The molecule has 1 N–H and O–H groups in total. The van der Waals surface area contributed by atoms with Crippen LogP contribution in [0.3, 0.4) is 0 Å². The van der Waals surface area contributed by atoms with Crippen LogP contribution in [0.4, 0.5) is 4.79 Å². The van der Waals surface area contributed by atoms with Crippen molar-refractivity contribution >= 4 is 38.3 Å². The van der Waals surface area contributed by atoms with Crippen LogP contribution in [-0.2, 0) is 14.6 Å². The Morgan fingerprint density at radius 2 is 2.00 bits per heavy atom. The maximum absolute atomic E-state index is 13.6. The molecule has 0 spiro atoms. The summed E-state index contributed by atoms with van der Waals surface area (Å²) in [6.45, 7) is 6.68. The summed E-state index contributed by atoms with van der Waals surface area (Å²) in [6.07, 6.45) is 2.56. The number of sulfone groups is 1. The largest absolute Gasteiger partial charge is 0.444 e. The van der Waals surface area contributed by atoms with E-state index in [2.05, 4.69) is 4.98 Å². The quantitative estimate of drug-likeness (QED) is 0.695. The Balaban J connectivity index is 2.58. The van der Waals surface area contributed by atoms with Crippen molar-refractivity contribution in [1.29, 1.82) is 0 Å². The first kappa shape index (κ1) is 23.4. The Morgan fingerprint density at radius 1 is 1.31 bits per heavy atom. The number of hydrogen-bond acceptors (Lipinski definition) is 6. The fraction of sp³-hybridized carbons (Fsp3) is 0.500. The Kier molecular flexibility index (Phi) is 7.48. The zero-order chi connectivity index (χ0) is 21.8. The lowest BCUT2D eigenvalue weighted by atomic mass is 10.2. The molecule has 0 radical (unpaired) electrons. The molecular weight excluding hydrogens is 416 g/mol. The highest BCUT2D eigenvalue weighted by Gasteiger charge is 2.37. The van der Waals surface area contributed by atoms with Gasteiger partial charge in [0.15, 0.2) is 9.84 Å². The van der Waals surface area contributed by atoms with Gasteiger partial charge >= 0.3 is 6.09 Å². The number of ether oxygens (including phenoxy) is 1. The van der Waals surface area contributed by atoms with E-state index in [4.69, 9.17) is 16.3 Å². The second-order valence-corrected chi connectivity index (χ2v) is 10.1. The Hall–Kier alpha value is -1.90. The summed E-state index contributed by atoms with van der Waals surface area (Å²) in [6, 6.07) is 4.82. The molecule has 0 aliphatic heterocycles. The normalized spacial score (nSPS) is 13.3. The smallest absolute Gasteiger partial charge is 0.411 e. The molecule has 0 bridgehead atoms. The molecular formula is C20H27ClN2O5S. The van der Waals surface area contributed by atoms with Crippen LogP contribution in [0.15, 0.2) is 35.5 Å². The van der Waals surface area contributed by atoms with Gasteiger partial charge in [-0.1, -0.05) is 30.7 Å². The van der Waals surface area contributed by atoms with E-state index < -0.39 is 26.9 Å². The van der Waals surface area contributed by atoms with Crippen LogP contribution in [0.5, 0.6) is 0 Å². The van der Waals surface area contributed by atoms with Gasteiger partial charge in [-0.25, -0.2) is 13.2 Å². The number of aliphatic hydroxyl groups is 1. The summed E-state index contributed by atoms with van der Waals surface area (Å²) < 4.78 is 32.7. The minimum Gasteiger partial charge on any atom is -0.444 e. The maximum Gasteiger partial charge on any atom is 0.411 e. The highest BCUT2D eigenvalue weighted by atomic mass is 35.5. The number of hydrogen-bond donors (Lipinski definition) is 1.